The topological polar surface area (TPSA) is 12.0 Å². The van der Waals surface area contributed by atoms with Gasteiger partial charge in [-0.05, 0) is 44.0 Å². The summed E-state index contributed by atoms with van der Waals surface area (Å²) in [6.45, 7) is 7.40. The molecular weight excluding hydrogens is 298 g/mol. The minimum atomic E-state index is 0.112. The zero-order valence-electron chi connectivity index (χ0n) is 12.8. The van der Waals surface area contributed by atoms with Crippen molar-refractivity contribution < 1.29 is 0 Å². The van der Waals surface area contributed by atoms with Crippen LogP contribution in [-0.4, -0.2) is 5.54 Å². The van der Waals surface area contributed by atoms with Crippen LogP contribution < -0.4 is 5.32 Å². The van der Waals surface area contributed by atoms with Crippen LogP contribution in [0.1, 0.15) is 31.9 Å². The molecule has 2 aromatic rings. The van der Waals surface area contributed by atoms with Crippen LogP contribution in [0.2, 0.25) is 5.02 Å². The third-order valence-corrected chi connectivity index (χ3v) is 4.48. The Labute approximate surface area is 137 Å². The lowest BCUT2D eigenvalue weighted by Gasteiger charge is -2.21. The maximum Gasteiger partial charge on any atom is 0.0417 e. The van der Waals surface area contributed by atoms with Crippen LogP contribution in [0.15, 0.2) is 53.4 Å². The molecule has 1 nitrogen and oxygen atoms in total. The van der Waals surface area contributed by atoms with E-state index in [9.17, 15) is 0 Å². The Morgan fingerprint density at radius 3 is 2.43 bits per heavy atom. The maximum atomic E-state index is 6.15. The fourth-order valence-electron chi connectivity index (χ4n) is 1.90. The molecule has 0 bridgehead atoms. The van der Waals surface area contributed by atoms with Crippen LogP contribution in [-0.2, 0) is 12.3 Å². The lowest BCUT2D eigenvalue weighted by molar-refractivity contribution is 0.422. The van der Waals surface area contributed by atoms with Crippen LogP contribution in [0, 0.1) is 0 Å². The smallest absolute Gasteiger partial charge is 0.0417 e. The van der Waals surface area contributed by atoms with Gasteiger partial charge in [0.15, 0.2) is 0 Å². The Kier molecular flexibility index (Phi) is 5.74. The van der Waals surface area contributed by atoms with Crippen molar-refractivity contribution in [1.29, 1.82) is 0 Å². The van der Waals surface area contributed by atoms with Gasteiger partial charge in [-0.1, -0.05) is 48.0 Å². The van der Waals surface area contributed by atoms with Crippen molar-refractivity contribution in [3.05, 3.63) is 64.7 Å². The number of hydrogen-bond donors (Lipinski definition) is 1. The molecule has 21 heavy (non-hydrogen) atoms. The molecule has 0 aliphatic heterocycles. The Bertz CT molecular complexity index is 576. The van der Waals surface area contributed by atoms with Crippen molar-refractivity contribution in [2.45, 2.75) is 43.5 Å². The van der Waals surface area contributed by atoms with Crippen LogP contribution >= 0.6 is 23.4 Å². The summed E-state index contributed by atoms with van der Waals surface area (Å²) >= 11 is 8.00. The Morgan fingerprint density at radius 1 is 1.05 bits per heavy atom. The summed E-state index contributed by atoms with van der Waals surface area (Å²) in [7, 11) is 0. The molecule has 0 aliphatic rings. The van der Waals surface area contributed by atoms with Crippen LogP contribution in [0.4, 0.5) is 0 Å². The Hall–Kier alpha value is -0.960. The summed E-state index contributed by atoms with van der Waals surface area (Å²) in [5.41, 5.74) is 2.74. The van der Waals surface area contributed by atoms with E-state index in [1.54, 1.807) is 0 Å². The highest BCUT2D eigenvalue weighted by Gasteiger charge is 2.11. The zero-order chi connectivity index (χ0) is 15.3. The standard InChI is InChI=1S/C18H22ClNS/c1-18(2,3)20-12-15-9-10-16(19)11-17(15)21-13-14-7-5-4-6-8-14/h4-11,20H,12-13H2,1-3H3. The van der Waals surface area contributed by atoms with E-state index >= 15 is 0 Å². The largest absolute Gasteiger partial charge is 0.308 e. The van der Waals surface area contributed by atoms with Crippen molar-refractivity contribution >= 4 is 23.4 Å². The molecule has 0 atom stereocenters. The molecule has 0 aromatic heterocycles. The lowest BCUT2D eigenvalue weighted by atomic mass is 10.1. The second-order valence-electron chi connectivity index (χ2n) is 6.13. The van der Waals surface area contributed by atoms with E-state index in [2.05, 4.69) is 62.5 Å². The van der Waals surface area contributed by atoms with E-state index in [-0.39, 0.29) is 5.54 Å². The minimum Gasteiger partial charge on any atom is -0.308 e. The number of benzene rings is 2. The molecule has 0 saturated heterocycles. The molecule has 3 heteroatoms. The van der Waals surface area contributed by atoms with E-state index < -0.39 is 0 Å². The molecule has 0 aliphatic carbocycles. The van der Waals surface area contributed by atoms with Crippen LogP contribution in [0.25, 0.3) is 0 Å². The second kappa shape index (κ2) is 7.35. The predicted molar refractivity (Wildman–Crippen MR) is 94.0 cm³/mol. The molecule has 0 saturated carbocycles. The van der Waals surface area contributed by atoms with E-state index in [0.717, 1.165) is 17.3 Å². The molecule has 0 amide bonds. The number of rotatable bonds is 5. The first-order valence-electron chi connectivity index (χ1n) is 7.14. The molecule has 0 fully saturated rings. The van der Waals surface area contributed by atoms with Crippen molar-refractivity contribution in [2.24, 2.45) is 0 Å². The van der Waals surface area contributed by atoms with Crippen molar-refractivity contribution in [2.75, 3.05) is 0 Å². The normalized spacial score (nSPS) is 11.6. The van der Waals surface area contributed by atoms with Gasteiger partial charge in [-0.3, -0.25) is 0 Å². The highest BCUT2D eigenvalue weighted by molar-refractivity contribution is 7.98. The first kappa shape index (κ1) is 16.4. The van der Waals surface area contributed by atoms with Crippen molar-refractivity contribution in [3.8, 4) is 0 Å². The van der Waals surface area contributed by atoms with Gasteiger partial charge in [0.1, 0.15) is 0 Å². The number of thioether (sulfide) groups is 1. The molecule has 2 aromatic carbocycles. The van der Waals surface area contributed by atoms with Crippen LogP contribution in [0.5, 0.6) is 0 Å². The first-order chi connectivity index (χ1) is 9.94. The van der Waals surface area contributed by atoms with Crippen molar-refractivity contribution in [1.82, 2.24) is 5.32 Å². The summed E-state index contributed by atoms with van der Waals surface area (Å²) in [5, 5.41) is 4.34. The van der Waals surface area contributed by atoms with Gasteiger partial charge in [-0.25, -0.2) is 0 Å². The molecule has 2 rings (SSSR count). The van der Waals surface area contributed by atoms with Gasteiger partial charge >= 0.3 is 0 Å². The summed E-state index contributed by atoms with van der Waals surface area (Å²) in [6, 6.07) is 16.7. The maximum absolute atomic E-state index is 6.15. The second-order valence-corrected chi connectivity index (χ2v) is 7.58. The lowest BCUT2D eigenvalue weighted by Crippen LogP contribution is -2.35. The third-order valence-electron chi connectivity index (χ3n) is 3.08. The average molecular weight is 320 g/mol. The molecule has 0 heterocycles. The summed E-state index contributed by atoms with van der Waals surface area (Å²) in [4.78, 5) is 1.25. The van der Waals surface area contributed by atoms with Gasteiger partial charge in [0, 0.05) is 27.8 Å². The third kappa shape index (κ3) is 5.74. The van der Waals surface area contributed by atoms with Gasteiger partial charge in [0.2, 0.25) is 0 Å². The number of hydrogen-bond acceptors (Lipinski definition) is 2. The molecule has 0 radical (unpaired) electrons. The Morgan fingerprint density at radius 2 is 1.76 bits per heavy atom. The first-order valence-corrected chi connectivity index (χ1v) is 8.50. The quantitative estimate of drug-likeness (QED) is 0.728. The summed E-state index contributed by atoms with van der Waals surface area (Å²) in [6.07, 6.45) is 0. The van der Waals surface area contributed by atoms with Crippen molar-refractivity contribution in [3.63, 3.8) is 0 Å². The average Bonchev–Trinajstić information content (AvgIpc) is 2.44. The van der Waals surface area contributed by atoms with Crippen LogP contribution in [0.3, 0.4) is 0 Å². The monoisotopic (exact) mass is 319 g/mol. The molecule has 0 unspecified atom stereocenters. The van der Waals surface area contributed by atoms with Gasteiger partial charge < -0.3 is 5.32 Å². The van der Waals surface area contributed by atoms with E-state index in [0.29, 0.717) is 0 Å². The predicted octanol–water partition coefficient (Wildman–Crippen LogP) is 5.52. The highest BCUT2D eigenvalue weighted by Crippen LogP contribution is 2.29. The van der Waals surface area contributed by atoms with Gasteiger partial charge in [0.05, 0.1) is 0 Å². The van der Waals surface area contributed by atoms with Gasteiger partial charge in [0.25, 0.3) is 0 Å². The summed E-state index contributed by atoms with van der Waals surface area (Å²) < 4.78 is 0. The van der Waals surface area contributed by atoms with E-state index in [4.69, 9.17) is 11.6 Å². The van der Waals surface area contributed by atoms with Gasteiger partial charge in [-0.2, -0.15) is 0 Å². The molecule has 1 N–H and O–H groups in total. The fourth-order valence-corrected chi connectivity index (χ4v) is 3.19. The Balaban J connectivity index is 2.08. The number of nitrogens with one attached hydrogen (secondary N) is 1. The fraction of sp³-hybridized carbons (Fsp3) is 0.333. The minimum absolute atomic E-state index is 0.112. The molecular formula is C18H22ClNS. The number of halogens is 1. The van der Waals surface area contributed by atoms with E-state index in [1.165, 1.54) is 16.0 Å². The summed E-state index contributed by atoms with van der Waals surface area (Å²) in [5.74, 6) is 0.962. The van der Waals surface area contributed by atoms with Gasteiger partial charge in [-0.15, -0.1) is 11.8 Å². The zero-order valence-corrected chi connectivity index (χ0v) is 14.4. The highest BCUT2D eigenvalue weighted by atomic mass is 35.5. The molecule has 0 spiro atoms. The molecule has 112 valence electrons. The SMILES string of the molecule is CC(C)(C)NCc1ccc(Cl)cc1SCc1ccccc1. The van der Waals surface area contributed by atoms with E-state index in [1.807, 2.05) is 23.9 Å².